The number of carbonyl (C=O) groups excluding carboxylic acids is 2. The van der Waals surface area contributed by atoms with E-state index in [9.17, 15) is 9.59 Å². The fourth-order valence-electron chi connectivity index (χ4n) is 2.85. The molecule has 1 aromatic rings. The van der Waals surface area contributed by atoms with Crippen LogP contribution in [0, 0.1) is 5.92 Å². The lowest BCUT2D eigenvalue weighted by Crippen LogP contribution is -2.43. The van der Waals surface area contributed by atoms with Gasteiger partial charge in [-0.2, -0.15) is 0 Å². The summed E-state index contributed by atoms with van der Waals surface area (Å²) < 4.78 is 0. The second-order valence-electron chi connectivity index (χ2n) is 5.69. The Labute approximate surface area is 126 Å². The van der Waals surface area contributed by atoms with E-state index in [1.807, 2.05) is 49.2 Å². The maximum atomic E-state index is 12.5. The fourth-order valence-corrected chi connectivity index (χ4v) is 2.85. The van der Waals surface area contributed by atoms with Gasteiger partial charge in [0.05, 0.1) is 0 Å². The first kappa shape index (κ1) is 15.5. The molecule has 2 amide bonds. The predicted molar refractivity (Wildman–Crippen MR) is 82.5 cm³/mol. The van der Waals surface area contributed by atoms with Crippen molar-refractivity contribution in [3.8, 4) is 0 Å². The van der Waals surface area contributed by atoms with Gasteiger partial charge in [0.2, 0.25) is 11.8 Å². The molecule has 1 saturated heterocycles. The molecule has 0 bridgehead atoms. The number of nitrogens with zero attached hydrogens (tertiary/aromatic N) is 2. The molecule has 0 spiro atoms. The van der Waals surface area contributed by atoms with Crippen molar-refractivity contribution in [2.45, 2.75) is 32.7 Å². The Hall–Kier alpha value is -1.84. The number of likely N-dealkylation sites (tertiary alicyclic amines) is 1. The van der Waals surface area contributed by atoms with Crippen LogP contribution in [-0.2, 0) is 16.1 Å². The van der Waals surface area contributed by atoms with E-state index < -0.39 is 0 Å². The third-order valence-electron chi connectivity index (χ3n) is 4.14. The number of hydrogen-bond donors (Lipinski definition) is 0. The molecule has 0 unspecified atom stereocenters. The maximum absolute atomic E-state index is 12.5. The van der Waals surface area contributed by atoms with E-state index in [1.165, 1.54) is 0 Å². The smallest absolute Gasteiger partial charge is 0.225 e. The molecular formula is C17H24N2O2. The highest BCUT2D eigenvalue weighted by molar-refractivity contribution is 5.80. The van der Waals surface area contributed by atoms with Crippen LogP contribution in [0.2, 0.25) is 0 Å². The first-order chi connectivity index (χ1) is 10.1. The van der Waals surface area contributed by atoms with Crippen LogP contribution >= 0.6 is 0 Å². The van der Waals surface area contributed by atoms with Crippen molar-refractivity contribution in [2.75, 3.05) is 20.1 Å². The number of carbonyl (C=O) groups is 2. The Morgan fingerprint density at radius 1 is 1.19 bits per heavy atom. The van der Waals surface area contributed by atoms with Crippen LogP contribution in [0.3, 0.4) is 0 Å². The molecule has 0 aromatic heterocycles. The van der Waals surface area contributed by atoms with Crippen molar-refractivity contribution in [2.24, 2.45) is 5.92 Å². The largest absolute Gasteiger partial charge is 0.343 e. The van der Waals surface area contributed by atoms with Crippen LogP contribution in [0.4, 0.5) is 0 Å². The second-order valence-corrected chi connectivity index (χ2v) is 5.69. The number of rotatable bonds is 4. The quantitative estimate of drug-likeness (QED) is 0.853. The highest BCUT2D eigenvalue weighted by atomic mass is 16.2. The van der Waals surface area contributed by atoms with Gasteiger partial charge in [-0.3, -0.25) is 9.59 Å². The van der Waals surface area contributed by atoms with Gasteiger partial charge in [0.25, 0.3) is 0 Å². The summed E-state index contributed by atoms with van der Waals surface area (Å²) in [6.45, 7) is 3.95. The number of hydrogen-bond acceptors (Lipinski definition) is 2. The van der Waals surface area contributed by atoms with Gasteiger partial charge in [0, 0.05) is 39.0 Å². The second kappa shape index (κ2) is 7.25. The molecule has 114 valence electrons. The molecule has 1 aromatic carbocycles. The minimum Gasteiger partial charge on any atom is -0.343 e. The molecule has 1 aliphatic heterocycles. The van der Waals surface area contributed by atoms with Crippen molar-refractivity contribution in [1.29, 1.82) is 0 Å². The van der Waals surface area contributed by atoms with E-state index in [4.69, 9.17) is 0 Å². The van der Waals surface area contributed by atoms with Crippen molar-refractivity contribution in [1.82, 2.24) is 9.80 Å². The molecule has 2 rings (SSSR count). The molecule has 1 aliphatic rings. The molecule has 21 heavy (non-hydrogen) atoms. The lowest BCUT2D eigenvalue weighted by atomic mass is 9.95. The van der Waals surface area contributed by atoms with Crippen molar-refractivity contribution >= 4 is 11.8 Å². The highest BCUT2D eigenvalue weighted by Gasteiger charge is 2.28. The summed E-state index contributed by atoms with van der Waals surface area (Å²) in [7, 11) is 1.86. The molecule has 4 nitrogen and oxygen atoms in total. The summed E-state index contributed by atoms with van der Waals surface area (Å²) >= 11 is 0. The zero-order valence-corrected chi connectivity index (χ0v) is 12.9. The number of piperidine rings is 1. The van der Waals surface area contributed by atoms with Gasteiger partial charge in [0.15, 0.2) is 0 Å². The van der Waals surface area contributed by atoms with Gasteiger partial charge in [-0.1, -0.05) is 37.3 Å². The zero-order valence-electron chi connectivity index (χ0n) is 12.9. The molecule has 0 saturated carbocycles. The number of benzene rings is 1. The molecule has 0 aliphatic carbocycles. The fraction of sp³-hybridized carbons (Fsp3) is 0.529. The normalized spacial score (nSPS) is 15.8. The minimum atomic E-state index is 0.0552. The van der Waals surface area contributed by atoms with Crippen LogP contribution in [0.15, 0.2) is 30.3 Å². The molecular weight excluding hydrogens is 264 g/mol. The Balaban J connectivity index is 1.85. The molecule has 1 heterocycles. The van der Waals surface area contributed by atoms with E-state index in [0.29, 0.717) is 26.1 Å². The summed E-state index contributed by atoms with van der Waals surface area (Å²) in [5.74, 6) is 0.445. The summed E-state index contributed by atoms with van der Waals surface area (Å²) in [5.41, 5.74) is 1.15. The Morgan fingerprint density at radius 3 is 2.38 bits per heavy atom. The van der Waals surface area contributed by atoms with E-state index in [1.54, 1.807) is 4.90 Å². The van der Waals surface area contributed by atoms with Crippen molar-refractivity contribution in [3.63, 3.8) is 0 Å². The predicted octanol–water partition coefficient (Wildman–Crippen LogP) is 2.29. The van der Waals surface area contributed by atoms with Crippen molar-refractivity contribution in [3.05, 3.63) is 35.9 Å². The first-order valence-electron chi connectivity index (χ1n) is 7.68. The summed E-state index contributed by atoms with van der Waals surface area (Å²) in [5, 5.41) is 0. The van der Waals surface area contributed by atoms with Crippen LogP contribution in [0.5, 0.6) is 0 Å². The summed E-state index contributed by atoms with van der Waals surface area (Å²) in [4.78, 5) is 27.8. The van der Waals surface area contributed by atoms with Gasteiger partial charge in [-0.25, -0.2) is 0 Å². The van der Waals surface area contributed by atoms with E-state index in [0.717, 1.165) is 18.4 Å². The SMILES string of the molecule is CCC(=O)N1CCC(C(=O)N(C)Cc2ccccc2)CC1. The van der Waals surface area contributed by atoms with E-state index in [-0.39, 0.29) is 17.7 Å². The Morgan fingerprint density at radius 2 is 1.81 bits per heavy atom. The van der Waals surface area contributed by atoms with Gasteiger partial charge < -0.3 is 9.80 Å². The molecule has 0 radical (unpaired) electrons. The topological polar surface area (TPSA) is 40.6 Å². The standard InChI is InChI=1S/C17H24N2O2/c1-3-16(20)19-11-9-15(10-12-19)17(21)18(2)13-14-7-5-4-6-8-14/h4-8,15H,3,9-13H2,1-2H3. The van der Waals surface area contributed by atoms with Crippen LogP contribution in [0.25, 0.3) is 0 Å². The van der Waals surface area contributed by atoms with E-state index in [2.05, 4.69) is 0 Å². The van der Waals surface area contributed by atoms with Crippen molar-refractivity contribution < 1.29 is 9.59 Å². The van der Waals surface area contributed by atoms with Crippen LogP contribution in [0.1, 0.15) is 31.7 Å². The van der Waals surface area contributed by atoms with Gasteiger partial charge in [-0.05, 0) is 18.4 Å². The lowest BCUT2D eigenvalue weighted by molar-refractivity contribution is -0.140. The first-order valence-corrected chi connectivity index (χ1v) is 7.68. The highest BCUT2D eigenvalue weighted by Crippen LogP contribution is 2.20. The summed E-state index contributed by atoms with van der Waals surface area (Å²) in [6.07, 6.45) is 2.11. The number of amides is 2. The Kier molecular flexibility index (Phi) is 5.37. The van der Waals surface area contributed by atoms with Gasteiger partial charge in [0.1, 0.15) is 0 Å². The monoisotopic (exact) mass is 288 g/mol. The summed E-state index contributed by atoms with van der Waals surface area (Å²) in [6, 6.07) is 10.0. The maximum Gasteiger partial charge on any atom is 0.225 e. The molecule has 0 N–H and O–H groups in total. The lowest BCUT2D eigenvalue weighted by Gasteiger charge is -2.33. The van der Waals surface area contributed by atoms with E-state index >= 15 is 0 Å². The van der Waals surface area contributed by atoms with Crippen LogP contribution < -0.4 is 0 Å². The Bertz CT molecular complexity index is 479. The molecule has 1 fully saturated rings. The van der Waals surface area contributed by atoms with Gasteiger partial charge in [-0.15, -0.1) is 0 Å². The third kappa shape index (κ3) is 4.06. The van der Waals surface area contributed by atoms with Gasteiger partial charge >= 0.3 is 0 Å². The average molecular weight is 288 g/mol. The average Bonchev–Trinajstić information content (AvgIpc) is 2.54. The molecule has 0 atom stereocenters. The third-order valence-corrected chi connectivity index (χ3v) is 4.14. The minimum absolute atomic E-state index is 0.0552. The van der Waals surface area contributed by atoms with Crippen LogP contribution in [-0.4, -0.2) is 41.8 Å². The molecule has 4 heteroatoms. The zero-order chi connectivity index (χ0) is 15.2.